The van der Waals surface area contributed by atoms with Gasteiger partial charge in [-0.1, -0.05) is 30.4 Å². The van der Waals surface area contributed by atoms with Crippen LogP contribution in [0.15, 0.2) is 70.8 Å². The highest BCUT2D eigenvalue weighted by molar-refractivity contribution is 6.11. The van der Waals surface area contributed by atoms with Crippen LogP contribution in [0.3, 0.4) is 0 Å². The summed E-state index contributed by atoms with van der Waals surface area (Å²) >= 11 is 0. The maximum atomic E-state index is 6.39. The molecule has 39 heavy (non-hydrogen) atoms. The van der Waals surface area contributed by atoms with Crippen LogP contribution in [-0.4, -0.2) is 75.0 Å². The molecule has 0 spiro atoms. The predicted octanol–water partition coefficient (Wildman–Crippen LogP) is 5.36. The van der Waals surface area contributed by atoms with E-state index < -0.39 is 0 Å². The lowest BCUT2D eigenvalue weighted by molar-refractivity contribution is 0.226. The smallest absolute Gasteiger partial charge is 0.227 e. The minimum atomic E-state index is 0. The molecule has 6 bridgehead atoms. The summed E-state index contributed by atoms with van der Waals surface area (Å²) in [4.78, 5) is 14.2. The van der Waals surface area contributed by atoms with E-state index in [1.807, 2.05) is 30.3 Å². The molecular formula is C31H41N5O3. The second kappa shape index (κ2) is 13.4. The van der Waals surface area contributed by atoms with Crippen molar-refractivity contribution >= 4 is 17.4 Å². The van der Waals surface area contributed by atoms with Crippen molar-refractivity contribution in [1.29, 1.82) is 0 Å². The first-order valence-electron chi connectivity index (χ1n) is 13.9. The molecule has 0 atom stereocenters. The van der Waals surface area contributed by atoms with Crippen molar-refractivity contribution in [2.45, 2.75) is 32.2 Å². The zero-order valence-corrected chi connectivity index (χ0v) is 23.1. The molecule has 8 nitrogen and oxygen atoms in total. The number of methoxy groups -OCH3 is 1. The van der Waals surface area contributed by atoms with Gasteiger partial charge in [0, 0.05) is 56.6 Å². The number of anilines is 1. The van der Waals surface area contributed by atoms with Crippen LogP contribution in [-0.2, 0) is 6.54 Å². The lowest BCUT2D eigenvalue weighted by Gasteiger charge is -2.22. The number of benzene rings is 2. The highest BCUT2D eigenvalue weighted by Crippen LogP contribution is 2.36. The summed E-state index contributed by atoms with van der Waals surface area (Å²) < 4.78 is 18.2. The number of nitrogens with one attached hydrogen (secondary N) is 1. The van der Waals surface area contributed by atoms with Crippen LogP contribution in [0.4, 0.5) is 5.69 Å². The van der Waals surface area contributed by atoms with Gasteiger partial charge in [-0.25, -0.2) is 9.98 Å². The summed E-state index contributed by atoms with van der Waals surface area (Å²) in [5.41, 5.74) is 3.86. The minimum absolute atomic E-state index is 0. The van der Waals surface area contributed by atoms with Crippen LogP contribution in [0.2, 0.25) is 0 Å². The Morgan fingerprint density at radius 1 is 1.10 bits per heavy atom. The third-order valence-electron chi connectivity index (χ3n) is 7.06. The second-order valence-electron chi connectivity index (χ2n) is 10.1. The van der Waals surface area contributed by atoms with Crippen molar-refractivity contribution in [3.63, 3.8) is 0 Å². The Hall–Kier alpha value is -3.62. The second-order valence-corrected chi connectivity index (χ2v) is 10.1. The van der Waals surface area contributed by atoms with Crippen LogP contribution >= 0.6 is 0 Å². The summed E-state index contributed by atoms with van der Waals surface area (Å²) in [6.07, 6.45) is 12.3. The van der Waals surface area contributed by atoms with Crippen molar-refractivity contribution in [3.05, 3.63) is 72.0 Å². The third-order valence-corrected chi connectivity index (χ3v) is 7.06. The zero-order chi connectivity index (χ0) is 26.9. The monoisotopic (exact) mass is 531 g/mol. The van der Waals surface area contributed by atoms with Gasteiger partial charge in [0.1, 0.15) is 12.4 Å². The number of allylic oxidation sites excluding steroid dienone is 1. The van der Waals surface area contributed by atoms with Crippen LogP contribution in [0, 0.1) is 0 Å². The number of guanidine groups is 1. The molecule has 0 unspecified atom stereocenters. The van der Waals surface area contributed by atoms with Gasteiger partial charge in [0.2, 0.25) is 5.96 Å². The maximum absolute atomic E-state index is 6.39. The average molecular weight is 532 g/mol. The van der Waals surface area contributed by atoms with E-state index in [-0.39, 0.29) is 1.43 Å². The number of hydrogen-bond donors (Lipinski definition) is 1. The molecule has 5 rings (SSSR count). The number of hydrogen-bond acceptors (Lipinski definition) is 8. The normalized spacial score (nSPS) is 19.4. The van der Waals surface area contributed by atoms with Gasteiger partial charge in [-0.15, -0.1) is 0 Å². The number of nitrogens with zero attached hydrogens (tertiary/aromatic N) is 4. The molecule has 2 aromatic carbocycles. The zero-order valence-electron chi connectivity index (χ0n) is 23.1. The Morgan fingerprint density at radius 3 is 2.87 bits per heavy atom. The molecule has 0 amide bonds. The molecular weight excluding hydrogens is 490 g/mol. The van der Waals surface area contributed by atoms with Crippen LogP contribution in [0.1, 0.15) is 38.2 Å². The molecule has 1 N–H and O–H groups in total. The Labute approximate surface area is 233 Å². The van der Waals surface area contributed by atoms with Gasteiger partial charge in [0.25, 0.3) is 0 Å². The Balaban J connectivity index is 0.00000370. The van der Waals surface area contributed by atoms with E-state index in [0.29, 0.717) is 37.9 Å². The number of fused-ring (bicyclic) bond motifs is 6. The van der Waals surface area contributed by atoms with Crippen molar-refractivity contribution in [3.8, 4) is 17.2 Å². The maximum Gasteiger partial charge on any atom is 0.227 e. The van der Waals surface area contributed by atoms with Gasteiger partial charge in [-0.05, 0) is 57.6 Å². The molecule has 3 heterocycles. The van der Waals surface area contributed by atoms with Gasteiger partial charge in [0.15, 0.2) is 11.5 Å². The van der Waals surface area contributed by atoms with E-state index in [1.54, 1.807) is 13.3 Å². The Kier molecular flexibility index (Phi) is 9.30. The summed E-state index contributed by atoms with van der Waals surface area (Å²) in [5, 5.41) is 3.42. The number of ether oxygens (including phenoxy) is 3. The number of rotatable bonds is 5. The number of likely N-dealkylation sites (tertiary alicyclic amines) is 1. The van der Waals surface area contributed by atoms with Crippen LogP contribution < -0.4 is 19.5 Å². The number of aliphatic imine (C=N–C) groups is 2. The van der Waals surface area contributed by atoms with E-state index in [2.05, 4.69) is 51.4 Å². The van der Waals surface area contributed by atoms with Crippen LogP contribution in [0.25, 0.3) is 0 Å². The summed E-state index contributed by atoms with van der Waals surface area (Å²) in [6, 6.07) is 12.2. The molecule has 208 valence electrons. The lowest BCUT2D eigenvalue weighted by Crippen LogP contribution is -2.25. The fraction of sp³-hybridized carbons (Fsp3) is 0.419. The molecule has 0 aliphatic carbocycles. The van der Waals surface area contributed by atoms with Crippen molar-refractivity contribution in [1.82, 2.24) is 9.80 Å². The fourth-order valence-electron chi connectivity index (χ4n) is 5.05. The van der Waals surface area contributed by atoms with Crippen molar-refractivity contribution in [2.24, 2.45) is 9.98 Å². The SMILES string of the molecule is COc1cc2cc(c1OCCN1CCCC1)CN(C)C/C=C/CCOc1cccc(c1)C1=NC(=NC=CC1)N2.[HH]. The predicted molar refractivity (Wildman–Crippen MR) is 160 cm³/mol. The quantitative estimate of drug-likeness (QED) is 0.524. The molecule has 3 aliphatic rings. The first-order valence-corrected chi connectivity index (χ1v) is 13.9. The van der Waals surface area contributed by atoms with Gasteiger partial charge in [0.05, 0.1) is 19.4 Å². The van der Waals surface area contributed by atoms with E-state index in [0.717, 1.165) is 66.6 Å². The number of likely N-dealkylation sites (N-methyl/N-ethyl adjacent to an activating group) is 1. The van der Waals surface area contributed by atoms with Crippen LogP contribution in [0.5, 0.6) is 17.2 Å². The van der Waals surface area contributed by atoms with E-state index in [4.69, 9.17) is 19.2 Å². The van der Waals surface area contributed by atoms with Gasteiger partial charge in [-0.3, -0.25) is 9.80 Å². The third kappa shape index (κ3) is 7.49. The molecule has 1 saturated heterocycles. The lowest BCUT2D eigenvalue weighted by atomic mass is 10.1. The van der Waals surface area contributed by atoms with Gasteiger partial charge < -0.3 is 19.5 Å². The first-order chi connectivity index (χ1) is 19.2. The molecule has 8 heteroatoms. The Bertz CT molecular complexity index is 1250. The first kappa shape index (κ1) is 27.0. The Morgan fingerprint density at radius 2 is 2.00 bits per heavy atom. The summed E-state index contributed by atoms with van der Waals surface area (Å²) in [7, 11) is 3.81. The van der Waals surface area contributed by atoms with E-state index in [1.165, 1.54) is 12.8 Å². The van der Waals surface area contributed by atoms with Crippen molar-refractivity contribution < 1.29 is 15.6 Å². The molecule has 0 aromatic heterocycles. The molecule has 1 fully saturated rings. The molecule has 2 aromatic rings. The van der Waals surface area contributed by atoms with Crippen molar-refractivity contribution in [2.75, 3.05) is 58.9 Å². The van der Waals surface area contributed by atoms with Gasteiger partial charge >= 0.3 is 0 Å². The highest BCUT2D eigenvalue weighted by Gasteiger charge is 2.18. The van der Waals surface area contributed by atoms with Gasteiger partial charge in [-0.2, -0.15) is 0 Å². The summed E-state index contributed by atoms with van der Waals surface area (Å²) in [5.74, 6) is 2.87. The molecule has 0 saturated carbocycles. The minimum Gasteiger partial charge on any atom is -0.493 e. The standard InChI is InChI=1S/C31H39N5O3.H2/c1-35-14-4-3-7-18-38-27-11-8-10-24(21-27)28-12-9-13-32-31(34-28)33-26-20-25(23-35)30(29(22-26)37-2)39-19-17-36-15-5-6-16-36;/h3-4,8-11,13,20-22H,5-7,12,14-19,23H2,1-2H3,(H,32,33);1H/b4-3+;. The topological polar surface area (TPSA) is 70.9 Å². The largest absolute Gasteiger partial charge is 0.493 e. The highest BCUT2D eigenvalue weighted by atomic mass is 16.5. The van der Waals surface area contributed by atoms with E-state index >= 15 is 0 Å². The molecule has 0 radical (unpaired) electrons. The molecule has 3 aliphatic heterocycles. The van der Waals surface area contributed by atoms with E-state index in [9.17, 15) is 0 Å². The average Bonchev–Trinajstić information content (AvgIpc) is 3.35. The fourth-order valence-corrected chi connectivity index (χ4v) is 5.05. The summed E-state index contributed by atoms with van der Waals surface area (Å²) in [6.45, 7) is 6.00.